The van der Waals surface area contributed by atoms with Gasteiger partial charge in [-0.05, 0) is 24.9 Å². The standard InChI is InChI=1S/C9H12Cl2N4O2/c1-2-17-6(16)4-3-5-12-8-7(10)14-15-9(11)13-8/h2-5H2,1H3,(H,12,13,15). The minimum Gasteiger partial charge on any atom is -0.466 e. The van der Waals surface area contributed by atoms with Gasteiger partial charge < -0.3 is 10.1 Å². The van der Waals surface area contributed by atoms with Crippen molar-refractivity contribution in [2.24, 2.45) is 0 Å². The van der Waals surface area contributed by atoms with Crippen LogP contribution in [0.1, 0.15) is 19.8 Å². The third-order valence-electron chi connectivity index (χ3n) is 1.78. The van der Waals surface area contributed by atoms with Crippen molar-refractivity contribution in [3.8, 4) is 0 Å². The number of halogens is 2. The van der Waals surface area contributed by atoms with Crippen LogP contribution < -0.4 is 5.32 Å². The molecule has 0 aliphatic carbocycles. The molecule has 1 aromatic heterocycles. The first-order valence-corrected chi connectivity index (χ1v) is 5.84. The van der Waals surface area contributed by atoms with Crippen molar-refractivity contribution >= 4 is 35.0 Å². The van der Waals surface area contributed by atoms with E-state index >= 15 is 0 Å². The monoisotopic (exact) mass is 278 g/mol. The summed E-state index contributed by atoms with van der Waals surface area (Å²) in [4.78, 5) is 14.9. The van der Waals surface area contributed by atoms with Crippen LogP contribution >= 0.6 is 23.2 Å². The zero-order valence-corrected chi connectivity index (χ0v) is 10.8. The number of carbonyl (C=O) groups is 1. The second-order valence-electron chi connectivity index (χ2n) is 3.06. The molecular formula is C9H12Cl2N4O2. The van der Waals surface area contributed by atoms with Gasteiger partial charge in [-0.15, -0.1) is 10.2 Å². The molecule has 1 heterocycles. The number of hydrogen-bond donors (Lipinski definition) is 1. The molecule has 17 heavy (non-hydrogen) atoms. The summed E-state index contributed by atoms with van der Waals surface area (Å²) in [6.45, 7) is 2.68. The lowest BCUT2D eigenvalue weighted by atomic mass is 10.3. The topological polar surface area (TPSA) is 77.0 Å². The first-order chi connectivity index (χ1) is 8.13. The van der Waals surface area contributed by atoms with Crippen molar-refractivity contribution < 1.29 is 9.53 Å². The van der Waals surface area contributed by atoms with Gasteiger partial charge in [0.2, 0.25) is 5.28 Å². The van der Waals surface area contributed by atoms with Gasteiger partial charge in [0.1, 0.15) is 0 Å². The molecule has 0 spiro atoms. The molecule has 0 unspecified atom stereocenters. The maximum absolute atomic E-state index is 11.0. The van der Waals surface area contributed by atoms with Crippen molar-refractivity contribution in [1.82, 2.24) is 15.2 Å². The van der Waals surface area contributed by atoms with Crippen molar-refractivity contribution in [2.75, 3.05) is 18.5 Å². The highest BCUT2D eigenvalue weighted by molar-refractivity contribution is 6.32. The van der Waals surface area contributed by atoms with E-state index in [0.29, 0.717) is 31.8 Å². The molecule has 8 heteroatoms. The van der Waals surface area contributed by atoms with E-state index < -0.39 is 0 Å². The van der Waals surface area contributed by atoms with E-state index in [-0.39, 0.29) is 16.4 Å². The highest BCUT2D eigenvalue weighted by atomic mass is 35.5. The van der Waals surface area contributed by atoms with E-state index in [4.69, 9.17) is 27.9 Å². The Morgan fingerprint density at radius 1 is 1.41 bits per heavy atom. The fourth-order valence-corrected chi connectivity index (χ4v) is 1.35. The Morgan fingerprint density at radius 2 is 2.18 bits per heavy atom. The Bertz CT molecular complexity index is 389. The van der Waals surface area contributed by atoms with Gasteiger partial charge in [0, 0.05) is 13.0 Å². The first kappa shape index (κ1) is 13.9. The predicted octanol–water partition coefficient (Wildman–Crippen LogP) is 1.93. The highest BCUT2D eigenvalue weighted by Crippen LogP contribution is 2.16. The zero-order valence-electron chi connectivity index (χ0n) is 9.24. The number of rotatable bonds is 6. The van der Waals surface area contributed by atoms with Gasteiger partial charge >= 0.3 is 5.97 Å². The molecule has 0 fully saturated rings. The number of carbonyl (C=O) groups excluding carboxylic acids is 1. The van der Waals surface area contributed by atoms with Gasteiger partial charge in [0.25, 0.3) is 0 Å². The molecule has 1 aromatic rings. The van der Waals surface area contributed by atoms with Crippen LogP contribution in [0.4, 0.5) is 5.82 Å². The molecule has 0 aromatic carbocycles. The summed E-state index contributed by atoms with van der Waals surface area (Å²) in [5, 5.41) is 10.1. The van der Waals surface area contributed by atoms with Gasteiger partial charge in [-0.1, -0.05) is 11.6 Å². The summed E-state index contributed by atoms with van der Waals surface area (Å²) >= 11 is 11.3. The van der Waals surface area contributed by atoms with Crippen LogP contribution in [0.15, 0.2) is 0 Å². The lowest BCUT2D eigenvalue weighted by molar-refractivity contribution is -0.143. The van der Waals surface area contributed by atoms with E-state index in [0.717, 1.165) is 0 Å². The quantitative estimate of drug-likeness (QED) is 0.633. The Hall–Kier alpha value is -1.14. The van der Waals surface area contributed by atoms with E-state index in [1.807, 2.05) is 0 Å². The minimum absolute atomic E-state index is 0.0160. The van der Waals surface area contributed by atoms with Gasteiger partial charge in [0.15, 0.2) is 11.0 Å². The Kier molecular flexibility index (Phi) is 5.93. The number of anilines is 1. The van der Waals surface area contributed by atoms with E-state index in [2.05, 4.69) is 20.5 Å². The molecule has 1 N–H and O–H groups in total. The maximum atomic E-state index is 11.0. The number of nitrogens with zero attached hydrogens (tertiary/aromatic N) is 3. The van der Waals surface area contributed by atoms with Crippen LogP contribution in [-0.4, -0.2) is 34.3 Å². The van der Waals surface area contributed by atoms with Crippen molar-refractivity contribution in [3.05, 3.63) is 10.4 Å². The van der Waals surface area contributed by atoms with Crippen LogP contribution in [0.3, 0.4) is 0 Å². The molecule has 0 aliphatic heterocycles. The SMILES string of the molecule is CCOC(=O)CCCNc1nc(Cl)nnc1Cl. The molecule has 94 valence electrons. The minimum atomic E-state index is -0.223. The molecular weight excluding hydrogens is 267 g/mol. The Labute approximate surface area is 109 Å². The number of aromatic nitrogens is 3. The van der Waals surface area contributed by atoms with Gasteiger partial charge in [-0.3, -0.25) is 4.79 Å². The fourth-order valence-electron chi connectivity index (χ4n) is 1.08. The normalized spacial score (nSPS) is 10.1. The Balaban J connectivity index is 2.31. The summed E-state index contributed by atoms with van der Waals surface area (Å²) in [7, 11) is 0. The molecule has 0 amide bonds. The second-order valence-corrected chi connectivity index (χ2v) is 3.75. The van der Waals surface area contributed by atoms with E-state index in [9.17, 15) is 4.79 Å². The van der Waals surface area contributed by atoms with Crippen LogP contribution in [0, 0.1) is 0 Å². The third-order valence-corrected chi connectivity index (χ3v) is 2.19. The van der Waals surface area contributed by atoms with Crippen LogP contribution in [-0.2, 0) is 9.53 Å². The molecule has 0 saturated carbocycles. The van der Waals surface area contributed by atoms with Crippen LogP contribution in [0.5, 0.6) is 0 Å². The number of ether oxygens (including phenoxy) is 1. The number of hydrogen-bond acceptors (Lipinski definition) is 6. The largest absolute Gasteiger partial charge is 0.466 e. The third kappa shape index (κ3) is 5.14. The van der Waals surface area contributed by atoms with E-state index in [1.165, 1.54) is 0 Å². The predicted molar refractivity (Wildman–Crippen MR) is 64.2 cm³/mol. The lowest BCUT2D eigenvalue weighted by Gasteiger charge is -2.06. The first-order valence-electron chi connectivity index (χ1n) is 5.08. The average molecular weight is 279 g/mol. The summed E-state index contributed by atoms with van der Waals surface area (Å²) in [6, 6.07) is 0. The Morgan fingerprint density at radius 3 is 2.88 bits per heavy atom. The zero-order chi connectivity index (χ0) is 12.7. The highest BCUT2D eigenvalue weighted by Gasteiger charge is 2.06. The molecule has 0 saturated heterocycles. The smallest absolute Gasteiger partial charge is 0.305 e. The fraction of sp³-hybridized carbons (Fsp3) is 0.556. The summed E-state index contributed by atoms with van der Waals surface area (Å²) < 4.78 is 4.79. The molecule has 0 aliphatic rings. The second kappa shape index (κ2) is 7.24. The average Bonchev–Trinajstić information content (AvgIpc) is 2.29. The van der Waals surface area contributed by atoms with Crippen molar-refractivity contribution in [3.63, 3.8) is 0 Å². The van der Waals surface area contributed by atoms with Crippen LogP contribution in [0.25, 0.3) is 0 Å². The maximum Gasteiger partial charge on any atom is 0.305 e. The van der Waals surface area contributed by atoms with Crippen molar-refractivity contribution in [2.45, 2.75) is 19.8 Å². The molecule has 0 radical (unpaired) electrons. The van der Waals surface area contributed by atoms with E-state index in [1.54, 1.807) is 6.92 Å². The summed E-state index contributed by atoms with van der Waals surface area (Å²) in [5.74, 6) is 0.134. The van der Waals surface area contributed by atoms with Gasteiger partial charge in [-0.2, -0.15) is 4.98 Å². The molecule has 0 bridgehead atoms. The molecule has 0 atom stereocenters. The van der Waals surface area contributed by atoms with Crippen LogP contribution in [0.2, 0.25) is 10.4 Å². The van der Waals surface area contributed by atoms with Crippen molar-refractivity contribution in [1.29, 1.82) is 0 Å². The summed E-state index contributed by atoms with van der Waals surface area (Å²) in [5.41, 5.74) is 0. The lowest BCUT2D eigenvalue weighted by Crippen LogP contribution is -2.09. The van der Waals surface area contributed by atoms with Gasteiger partial charge in [-0.25, -0.2) is 0 Å². The molecule has 1 rings (SSSR count). The number of nitrogens with one attached hydrogen (secondary N) is 1. The molecule has 6 nitrogen and oxygen atoms in total. The number of esters is 1. The summed E-state index contributed by atoms with van der Waals surface area (Å²) in [6.07, 6.45) is 0.946. The van der Waals surface area contributed by atoms with Gasteiger partial charge in [0.05, 0.1) is 6.61 Å².